The van der Waals surface area contributed by atoms with Gasteiger partial charge in [0.15, 0.2) is 0 Å². The number of hydrogen-bond donors (Lipinski definition) is 2. The zero-order valence-electron chi connectivity index (χ0n) is 8.07. The first-order valence-electron chi connectivity index (χ1n) is 4.71. The molecule has 0 amide bonds. The molecule has 1 heterocycles. The van der Waals surface area contributed by atoms with E-state index in [-0.39, 0.29) is 6.61 Å². The topological polar surface area (TPSA) is 48.9 Å². The van der Waals surface area contributed by atoms with Crippen molar-refractivity contribution in [1.82, 2.24) is 9.97 Å². The fourth-order valence-corrected chi connectivity index (χ4v) is 1.91. The number of hydrogen-bond acceptors (Lipinski definition) is 2. The van der Waals surface area contributed by atoms with Crippen LogP contribution in [0.3, 0.4) is 0 Å². The van der Waals surface area contributed by atoms with E-state index in [9.17, 15) is 0 Å². The summed E-state index contributed by atoms with van der Waals surface area (Å²) in [5.41, 5.74) is 2.04. The van der Waals surface area contributed by atoms with Crippen LogP contribution in [0, 0.1) is 0 Å². The van der Waals surface area contributed by atoms with Gasteiger partial charge in [-0.1, -0.05) is 34.1 Å². The van der Waals surface area contributed by atoms with Gasteiger partial charge in [0.25, 0.3) is 0 Å². The normalized spacial score (nSPS) is 10.5. The highest BCUT2D eigenvalue weighted by Crippen LogP contribution is 2.26. The number of aromatic amines is 1. The number of imidazole rings is 1. The van der Waals surface area contributed by atoms with Crippen LogP contribution in [0.2, 0.25) is 0 Å². The van der Waals surface area contributed by atoms with Crippen LogP contribution in [0.25, 0.3) is 11.3 Å². The number of nitrogens with zero attached hydrogens (tertiary/aromatic N) is 1. The predicted molar refractivity (Wildman–Crippen MR) is 62.5 cm³/mol. The lowest BCUT2D eigenvalue weighted by atomic mass is 10.2. The first kappa shape index (κ1) is 10.4. The molecule has 3 nitrogen and oxygen atoms in total. The van der Waals surface area contributed by atoms with E-state index >= 15 is 0 Å². The average molecular weight is 267 g/mol. The van der Waals surface area contributed by atoms with Gasteiger partial charge in [0.2, 0.25) is 0 Å². The molecule has 0 spiro atoms. The average Bonchev–Trinajstić information content (AvgIpc) is 2.68. The molecule has 2 rings (SSSR count). The summed E-state index contributed by atoms with van der Waals surface area (Å²) in [6.07, 6.45) is 2.34. The van der Waals surface area contributed by atoms with Gasteiger partial charge >= 0.3 is 0 Å². The Morgan fingerprint density at radius 3 is 2.87 bits per heavy atom. The van der Waals surface area contributed by atoms with Crippen molar-refractivity contribution in [2.75, 3.05) is 6.61 Å². The maximum atomic E-state index is 8.78. The Hall–Kier alpha value is -1.13. The minimum absolute atomic E-state index is 0.114. The van der Waals surface area contributed by atoms with Gasteiger partial charge < -0.3 is 10.1 Å². The summed E-state index contributed by atoms with van der Waals surface area (Å²) in [5, 5.41) is 8.78. The Kier molecular flexibility index (Phi) is 3.18. The molecule has 0 fully saturated rings. The molecule has 1 aromatic heterocycles. The van der Waals surface area contributed by atoms with Gasteiger partial charge in [-0.3, -0.25) is 0 Å². The van der Waals surface area contributed by atoms with Gasteiger partial charge in [-0.15, -0.1) is 0 Å². The van der Waals surface area contributed by atoms with Gasteiger partial charge in [0, 0.05) is 16.5 Å². The Balaban J connectivity index is 2.33. The molecule has 15 heavy (non-hydrogen) atoms. The summed E-state index contributed by atoms with van der Waals surface area (Å²) in [6, 6.07) is 7.95. The maximum absolute atomic E-state index is 8.78. The fraction of sp³-hybridized carbons (Fsp3) is 0.182. The van der Waals surface area contributed by atoms with E-state index in [4.69, 9.17) is 5.11 Å². The molecule has 0 unspecified atom stereocenters. The summed E-state index contributed by atoms with van der Waals surface area (Å²) < 4.78 is 1.03. The van der Waals surface area contributed by atoms with E-state index in [0.29, 0.717) is 6.42 Å². The fourth-order valence-electron chi connectivity index (χ4n) is 1.41. The van der Waals surface area contributed by atoms with Gasteiger partial charge in [0.05, 0.1) is 18.5 Å². The molecule has 78 valence electrons. The molecular weight excluding hydrogens is 256 g/mol. The van der Waals surface area contributed by atoms with E-state index in [1.165, 1.54) is 0 Å². The molecule has 0 aliphatic carbocycles. The van der Waals surface area contributed by atoms with Gasteiger partial charge in [-0.05, 0) is 6.07 Å². The second kappa shape index (κ2) is 4.59. The first-order chi connectivity index (χ1) is 7.31. The first-order valence-corrected chi connectivity index (χ1v) is 5.50. The zero-order chi connectivity index (χ0) is 10.7. The lowest BCUT2D eigenvalue weighted by Gasteiger charge is -1.99. The molecule has 0 saturated carbocycles. The number of H-pyrrole nitrogens is 1. The van der Waals surface area contributed by atoms with E-state index in [0.717, 1.165) is 21.6 Å². The molecule has 2 aromatic rings. The van der Waals surface area contributed by atoms with Crippen LogP contribution in [0.4, 0.5) is 0 Å². The van der Waals surface area contributed by atoms with Crippen LogP contribution in [0.5, 0.6) is 0 Å². The highest BCUT2D eigenvalue weighted by Gasteiger charge is 2.05. The molecule has 0 bridgehead atoms. The Labute approximate surface area is 96.3 Å². The van der Waals surface area contributed by atoms with E-state index < -0.39 is 0 Å². The lowest BCUT2D eigenvalue weighted by Crippen LogP contribution is -1.92. The van der Waals surface area contributed by atoms with Crippen LogP contribution >= 0.6 is 15.9 Å². The van der Waals surface area contributed by atoms with E-state index in [2.05, 4.69) is 25.9 Å². The van der Waals surface area contributed by atoms with Crippen LogP contribution in [0.1, 0.15) is 5.82 Å². The van der Waals surface area contributed by atoms with Crippen molar-refractivity contribution < 1.29 is 5.11 Å². The maximum Gasteiger partial charge on any atom is 0.108 e. The van der Waals surface area contributed by atoms with Crippen LogP contribution in [-0.4, -0.2) is 21.7 Å². The third-order valence-electron chi connectivity index (χ3n) is 2.14. The largest absolute Gasteiger partial charge is 0.396 e. The van der Waals surface area contributed by atoms with Crippen molar-refractivity contribution in [3.8, 4) is 11.3 Å². The van der Waals surface area contributed by atoms with Crippen LogP contribution in [0.15, 0.2) is 34.9 Å². The Morgan fingerprint density at radius 2 is 2.13 bits per heavy atom. The Morgan fingerprint density at radius 1 is 1.33 bits per heavy atom. The van der Waals surface area contributed by atoms with Crippen molar-refractivity contribution in [2.45, 2.75) is 6.42 Å². The lowest BCUT2D eigenvalue weighted by molar-refractivity contribution is 0.297. The van der Waals surface area contributed by atoms with Crippen molar-refractivity contribution in [2.24, 2.45) is 0 Å². The molecule has 4 heteroatoms. The minimum atomic E-state index is 0.114. The Bertz CT molecular complexity index is 453. The molecule has 0 radical (unpaired) electrons. The van der Waals surface area contributed by atoms with Gasteiger partial charge in [-0.2, -0.15) is 0 Å². The predicted octanol–water partition coefficient (Wildman–Crippen LogP) is 2.37. The van der Waals surface area contributed by atoms with Gasteiger partial charge in [0.1, 0.15) is 5.82 Å². The molecule has 1 aromatic carbocycles. The number of aliphatic hydroxyl groups is 1. The standard InChI is InChI=1S/C11H11BrN2O/c12-9-4-2-1-3-8(9)10-7-13-11(14-10)5-6-15/h1-4,7,15H,5-6H2,(H,13,14). The summed E-state index contributed by atoms with van der Waals surface area (Å²) >= 11 is 3.48. The highest BCUT2D eigenvalue weighted by atomic mass is 79.9. The monoisotopic (exact) mass is 266 g/mol. The summed E-state index contributed by atoms with van der Waals surface area (Å²) in [6.45, 7) is 0.114. The quantitative estimate of drug-likeness (QED) is 0.896. The van der Waals surface area contributed by atoms with Gasteiger partial charge in [-0.25, -0.2) is 4.98 Å². The van der Waals surface area contributed by atoms with Crippen molar-refractivity contribution in [3.05, 3.63) is 40.8 Å². The van der Waals surface area contributed by atoms with Crippen molar-refractivity contribution >= 4 is 15.9 Å². The summed E-state index contributed by atoms with van der Waals surface area (Å²) in [5.74, 6) is 0.809. The van der Waals surface area contributed by atoms with Crippen molar-refractivity contribution in [3.63, 3.8) is 0 Å². The molecule has 0 aliphatic rings. The number of rotatable bonds is 3. The number of benzene rings is 1. The smallest absolute Gasteiger partial charge is 0.108 e. The SMILES string of the molecule is OCCc1ncc(-c2ccccc2Br)[nH]1. The molecular formula is C11H11BrN2O. The van der Waals surface area contributed by atoms with Crippen LogP contribution < -0.4 is 0 Å². The molecule has 0 atom stereocenters. The number of aliphatic hydroxyl groups excluding tert-OH is 1. The van der Waals surface area contributed by atoms with Crippen molar-refractivity contribution in [1.29, 1.82) is 0 Å². The molecule has 0 saturated heterocycles. The number of nitrogens with one attached hydrogen (secondary N) is 1. The summed E-state index contributed by atoms with van der Waals surface area (Å²) in [4.78, 5) is 7.36. The highest BCUT2D eigenvalue weighted by molar-refractivity contribution is 9.10. The zero-order valence-corrected chi connectivity index (χ0v) is 9.66. The number of halogens is 1. The second-order valence-corrected chi connectivity index (χ2v) is 4.05. The molecule has 0 aliphatic heterocycles. The third-order valence-corrected chi connectivity index (χ3v) is 2.83. The van der Waals surface area contributed by atoms with E-state index in [1.54, 1.807) is 6.20 Å². The van der Waals surface area contributed by atoms with Crippen LogP contribution in [-0.2, 0) is 6.42 Å². The second-order valence-electron chi connectivity index (χ2n) is 3.20. The molecule has 2 N–H and O–H groups in total. The van der Waals surface area contributed by atoms with E-state index in [1.807, 2.05) is 24.3 Å². The number of aromatic nitrogens is 2. The minimum Gasteiger partial charge on any atom is -0.396 e. The third kappa shape index (κ3) is 2.27. The summed E-state index contributed by atoms with van der Waals surface area (Å²) in [7, 11) is 0.